The molecular weight excluding hydrogens is 130 g/mol. The van der Waals surface area contributed by atoms with Gasteiger partial charge in [0.25, 0.3) is 0 Å². The van der Waals surface area contributed by atoms with Crippen LogP contribution in [0.2, 0.25) is 0 Å². The fraction of sp³-hybridized carbons (Fsp3) is 0. The molecule has 0 saturated carbocycles. The van der Waals surface area contributed by atoms with Crippen molar-refractivity contribution in [1.82, 2.24) is 9.97 Å². The van der Waals surface area contributed by atoms with Gasteiger partial charge in [-0.1, -0.05) is 0 Å². The first-order valence-corrected chi connectivity index (χ1v) is 1.93. The summed E-state index contributed by atoms with van der Waals surface area (Å²) in [5, 5.41) is 0. The van der Waals surface area contributed by atoms with Crippen LogP contribution in [0.1, 0.15) is 0 Å². The monoisotopic (exact) mass is 134 g/mol. The molecule has 1 rings (SSSR count). The van der Waals surface area contributed by atoms with Crippen LogP contribution in [0, 0.1) is 12.0 Å². The van der Waals surface area contributed by atoms with E-state index in [2.05, 4.69) is 9.97 Å². The van der Waals surface area contributed by atoms with Gasteiger partial charge in [-0.2, -0.15) is 13.8 Å². The van der Waals surface area contributed by atoms with Crippen LogP contribution in [0.3, 0.4) is 0 Å². The minimum atomic E-state index is -1.04. The van der Waals surface area contributed by atoms with E-state index in [1.165, 1.54) is 0 Å². The first-order chi connectivity index (χ1) is 3.79. The summed E-state index contributed by atoms with van der Waals surface area (Å²) >= 11 is 0. The number of aromatic nitrogens is 2. The van der Waals surface area contributed by atoms with E-state index in [1.54, 1.807) is 0 Å². The molecule has 0 aliphatic heterocycles. The highest BCUT2D eigenvalue weighted by atomic mass is 19.1. The van der Waals surface area contributed by atoms with Gasteiger partial charge in [0.1, 0.15) is 0 Å². The Kier molecular flexibility index (Phi) is 2.66. The molecule has 0 bridgehead atoms. The number of hydrogen-bond acceptors (Lipinski definition) is 2. The highest BCUT2D eigenvalue weighted by molar-refractivity contribution is 4.80. The SMILES string of the molecule is Fc1ccnc(F)n1.O. The summed E-state index contributed by atoms with van der Waals surface area (Å²) < 4.78 is 23.5. The van der Waals surface area contributed by atoms with Gasteiger partial charge in [-0.05, 0) is 0 Å². The quantitative estimate of drug-likeness (QED) is 0.368. The zero-order valence-electron chi connectivity index (χ0n) is 4.31. The van der Waals surface area contributed by atoms with Crippen molar-refractivity contribution in [2.75, 3.05) is 0 Å². The molecule has 50 valence electrons. The first-order valence-electron chi connectivity index (χ1n) is 1.93. The second-order valence-corrected chi connectivity index (χ2v) is 1.15. The number of hydrogen-bond donors (Lipinski definition) is 0. The molecule has 0 unspecified atom stereocenters. The molecule has 0 fully saturated rings. The van der Waals surface area contributed by atoms with E-state index in [4.69, 9.17) is 0 Å². The summed E-state index contributed by atoms with van der Waals surface area (Å²) in [6.07, 6.45) is -0.0255. The van der Waals surface area contributed by atoms with Crippen molar-refractivity contribution < 1.29 is 14.3 Å². The normalized spacial score (nSPS) is 8.22. The van der Waals surface area contributed by atoms with Gasteiger partial charge >= 0.3 is 6.08 Å². The Morgan fingerprint density at radius 2 is 2.00 bits per heavy atom. The van der Waals surface area contributed by atoms with Crippen molar-refractivity contribution in [3.63, 3.8) is 0 Å². The molecule has 0 aliphatic carbocycles. The smallest absolute Gasteiger partial charge is 0.311 e. The molecule has 0 radical (unpaired) electrons. The van der Waals surface area contributed by atoms with Gasteiger partial charge in [0.2, 0.25) is 5.95 Å². The van der Waals surface area contributed by atoms with E-state index < -0.39 is 12.0 Å². The van der Waals surface area contributed by atoms with Crippen molar-refractivity contribution in [1.29, 1.82) is 0 Å². The molecule has 0 aliphatic rings. The van der Waals surface area contributed by atoms with Gasteiger partial charge in [-0.25, -0.2) is 4.98 Å². The molecule has 2 N–H and O–H groups in total. The van der Waals surface area contributed by atoms with Crippen LogP contribution in [-0.4, -0.2) is 15.4 Å². The van der Waals surface area contributed by atoms with Gasteiger partial charge in [0.05, 0.1) is 0 Å². The largest absolute Gasteiger partial charge is 0.412 e. The average Bonchev–Trinajstić information content (AvgIpc) is 1.64. The summed E-state index contributed by atoms with van der Waals surface area (Å²) in [7, 11) is 0. The van der Waals surface area contributed by atoms with Gasteiger partial charge in [0.15, 0.2) is 0 Å². The second kappa shape index (κ2) is 3.03. The molecule has 5 heteroatoms. The lowest BCUT2D eigenvalue weighted by Gasteiger charge is -1.82. The third-order valence-corrected chi connectivity index (χ3v) is 0.592. The molecule has 9 heavy (non-hydrogen) atoms. The van der Waals surface area contributed by atoms with Crippen LogP contribution in [0.5, 0.6) is 0 Å². The molecule has 1 aromatic rings. The Morgan fingerprint density at radius 3 is 2.33 bits per heavy atom. The van der Waals surface area contributed by atoms with Crippen LogP contribution in [0.25, 0.3) is 0 Å². The maximum Gasteiger partial charge on any atom is 0.311 e. The highest BCUT2D eigenvalue weighted by Gasteiger charge is 1.91. The van der Waals surface area contributed by atoms with Crippen molar-refractivity contribution >= 4 is 0 Å². The van der Waals surface area contributed by atoms with E-state index >= 15 is 0 Å². The predicted octanol–water partition coefficient (Wildman–Crippen LogP) is -0.0699. The number of halogens is 2. The summed E-state index contributed by atoms with van der Waals surface area (Å²) in [6, 6.07) is 0.975. The van der Waals surface area contributed by atoms with Crippen molar-refractivity contribution in [2.45, 2.75) is 0 Å². The molecule has 0 amide bonds. The van der Waals surface area contributed by atoms with E-state index in [9.17, 15) is 8.78 Å². The van der Waals surface area contributed by atoms with Crippen LogP contribution in [0.15, 0.2) is 12.3 Å². The van der Waals surface area contributed by atoms with Crippen LogP contribution in [-0.2, 0) is 0 Å². The Balaban J connectivity index is 0.000000640. The standard InChI is InChI=1S/C4H2F2N2.H2O/c5-3-1-2-7-4(6)8-3;/h1-2H;1H2. The minimum absolute atomic E-state index is 0. The molecule has 0 atom stereocenters. The molecule has 0 aromatic carbocycles. The third-order valence-electron chi connectivity index (χ3n) is 0.592. The molecule has 3 nitrogen and oxygen atoms in total. The summed E-state index contributed by atoms with van der Waals surface area (Å²) in [4.78, 5) is 5.75. The van der Waals surface area contributed by atoms with Crippen LogP contribution < -0.4 is 0 Å². The zero-order chi connectivity index (χ0) is 5.98. The molecular formula is C4H4F2N2O. The minimum Gasteiger partial charge on any atom is -0.412 e. The second-order valence-electron chi connectivity index (χ2n) is 1.15. The fourth-order valence-electron chi connectivity index (χ4n) is 0.315. The zero-order valence-corrected chi connectivity index (χ0v) is 4.31. The fourth-order valence-corrected chi connectivity index (χ4v) is 0.315. The summed E-state index contributed by atoms with van der Waals surface area (Å²) in [6.45, 7) is 0. The van der Waals surface area contributed by atoms with E-state index in [0.29, 0.717) is 0 Å². The molecule has 1 aromatic heterocycles. The van der Waals surface area contributed by atoms with E-state index in [-0.39, 0.29) is 5.48 Å². The number of nitrogens with zero attached hydrogens (tertiary/aromatic N) is 2. The molecule has 1 heterocycles. The predicted molar refractivity (Wildman–Crippen MR) is 25.6 cm³/mol. The van der Waals surface area contributed by atoms with Crippen molar-refractivity contribution in [2.24, 2.45) is 0 Å². The van der Waals surface area contributed by atoms with Crippen LogP contribution in [0.4, 0.5) is 8.78 Å². The maximum absolute atomic E-state index is 11.8. The van der Waals surface area contributed by atoms with Gasteiger partial charge in [-0.15, -0.1) is 0 Å². The molecule has 0 saturated heterocycles. The molecule has 0 spiro atoms. The topological polar surface area (TPSA) is 57.3 Å². The van der Waals surface area contributed by atoms with Gasteiger partial charge in [0, 0.05) is 12.3 Å². The summed E-state index contributed by atoms with van der Waals surface area (Å²) in [5.74, 6) is -0.850. The Morgan fingerprint density at radius 1 is 1.33 bits per heavy atom. The van der Waals surface area contributed by atoms with E-state index in [0.717, 1.165) is 12.3 Å². The number of rotatable bonds is 0. The van der Waals surface area contributed by atoms with Gasteiger partial charge in [-0.3, -0.25) is 0 Å². The third kappa shape index (κ3) is 2.09. The lowest BCUT2D eigenvalue weighted by Crippen LogP contribution is -1.89. The Labute approximate surface area is 49.7 Å². The van der Waals surface area contributed by atoms with Crippen LogP contribution >= 0.6 is 0 Å². The highest BCUT2D eigenvalue weighted by Crippen LogP contribution is 1.88. The average molecular weight is 134 g/mol. The lowest BCUT2D eigenvalue weighted by molar-refractivity contribution is 0.482. The Hall–Kier alpha value is -1.10. The lowest BCUT2D eigenvalue weighted by atomic mass is 10.7. The van der Waals surface area contributed by atoms with Crippen molar-refractivity contribution in [3.8, 4) is 0 Å². The van der Waals surface area contributed by atoms with Crippen molar-refractivity contribution in [3.05, 3.63) is 24.3 Å². The van der Waals surface area contributed by atoms with E-state index in [1.807, 2.05) is 0 Å². The summed E-state index contributed by atoms with van der Waals surface area (Å²) in [5.41, 5.74) is 0. The first kappa shape index (κ1) is 7.90. The van der Waals surface area contributed by atoms with Gasteiger partial charge < -0.3 is 5.48 Å². The Bertz CT molecular complexity index is 176. The maximum atomic E-state index is 11.8.